The zero-order valence-corrected chi connectivity index (χ0v) is 16.5. The zero-order chi connectivity index (χ0) is 10.4. The molecule has 0 unspecified atom stereocenters. The molecule has 17 heavy (non-hydrogen) atoms. The van der Waals surface area contributed by atoms with Crippen molar-refractivity contribution in [2.75, 3.05) is 0 Å². The van der Waals surface area contributed by atoms with E-state index in [4.69, 9.17) is 30.7 Å². The minimum absolute atomic E-state index is 0. The van der Waals surface area contributed by atoms with E-state index in [9.17, 15) is 4.79 Å². The van der Waals surface area contributed by atoms with Crippen LogP contribution in [-0.2, 0) is 4.57 Å². The third kappa shape index (κ3) is 143. The molecular weight excluding hydrogens is 387 g/mol. The molecule has 0 atom stereocenters. The van der Waals surface area contributed by atoms with Crippen molar-refractivity contribution in [3.05, 3.63) is 0 Å². The van der Waals surface area contributed by atoms with Crippen molar-refractivity contribution in [2.24, 2.45) is 22.2 Å². The maximum absolute atomic E-state index is 9.68. The first-order valence-corrected chi connectivity index (χ1v) is 3.71. The normalized spacial score (nSPS) is 6.53. The maximum Gasteiger partial charge on any atom is 2.00 e. The van der Waals surface area contributed by atoms with Gasteiger partial charge in [-0.3, -0.25) is 0 Å². The number of carbonyl (C=O) groups excluding carboxylic acids is 1. The smallest absolute Gasteiger partial charge is 0.870 e. The topological polar surface area (TPSA) is 260 Å². The van der Waals surface area contributed by atoms with Crippen molar-refractivity contribution in [1.29, 1.82) is 0 Å². The van der Waals surface area contributed by atoms with Gasteiger partial charge in [0.25, 0.3) is 0 Å². The summed E-state index contributed by atoms with van der Waals surface area (Å²) in [5.41, 5.74) is 13.9. The number of hydrogen-bond donors (Lipinski definition) is 4. The number of guanidine groups is 1. The van der Waals surface area contributed by atoms with Crippen LogP contribution in [0.1, 0.15) is 0 Å². The first-order chi connectivity index (χ1) is 5.13. The quantitative estimate of drug-likeness (QED) is 0.131. The van der Waals surface area contributed by atoms with Crippen molar-refractivity contribution in [1.82, 2.24) is 6.15 Å². The molecule has 0 aromatic carbocycles. The average Bonchev–Trinajstić information content (AvgIpc) is 1.52. The Hall–Kier alpha value is 1.33. The minimum atomic E-state index is -5.39. The first-order valence-electron chi connectivity index (χ1n) is 2.25. The molecule has 11 nitrogen and oxygen atoms in total. The summed E-state index contributed by atoms with van der Waals surface area (Å²) in [6.45, 7) is 0. The second-order valence-electron chi connectivity index (χ2n) is 1.32. The van der Waals surface area contributed by atoms with Crippen molar-refractivity contribution < 1.29 is 59.1 Å². The van der Waals surface area contributed by atoms with Gasteiger partial charge in [-0.05, 0) is 0 Å². The van der Waals surface area contributed by atoms with Gasteiger partial charge in [-0.1, -0.05) is 0 Å². The summed E-state index contributed by atoms with van der Waals surface area (Å²) in [6, 6.07) is -0.875. The summed E-state index contributed by atoms with van der Waals surface area (Å²) in [5, 5.41) is 0. The fraction of sp³-hybridized carbons (Fsp3) is 0. The zero-order valence-electron chi connectivity index (χ0n) is 9.32. The molecule has 0 saturated heterocycles. The molecule has 0 aromatic heterocycles. The predicted molar refractivity (Wildman–Crippen MR) is 52.4 cm³/mol. The van der Waals surface area contributed by atoms with Gasteiger partial charge in [0.1, 0.15) is 0 Å². The summed E-state index contributed by atoms with van der Waals surface area (Å²) in [6.07, 6.45) is 0. The van der Waals surface area contributed by atoms with Crippen LogP contribution in [0.2, 0.25) is 0 Å². The van der Waals surface area contributed by atoms with E-state index < -0.39 is 13.9 Å². The molecular formula is C2H11MgN5NaO6PSn. The number of carbonyl (C=O) groups is 1. The predicted octanol–water partition coefficient (Wildman–Crippen LogP) is -8.04. The van der Waals surface area contributed by atoms with Crippen molar-refractivity contribution in [2.45, 2.75) is 0 Å². The molecule has 0 fully saturated rings. The van der Waals surface area contributed by atoms with Gasteiger partial charge in [-0.25, -0.2) is 4.79 Å². The van der Waals surface area contributed by atoms with Gasteiger partial charge in [0.2, 0.25) is 0 Å². The fourth-order valence-electron chi connectivity index (χ4n) is 0.127. The molecule has 92 valence electrons. The molecule has 2 amide bonds. The van der Waals surface area contributed by atoms with Gasteiger partial charge in [-0.15, -0.1) is 0 Å². The molecule has 0 bridgehead atoms. The van der Waals surface area contributed by atoms with E-state index in [1.165, 1.54) is 0 Å². The van der Waals surface area contributed by atoms with E-state index in [1.807, 2.05) is 0 Å². The number of nitrogens with zero attached hydrogens (tertiary/aromatic N) is 1. The summed E-state index contributed by atoms with van der Waals surface area (Å²) in [7, 11) is -5.39. The number of aliphatic imine (C=N–C) groups is 1. The number of urea groups is 1. The maximum atomic E-state index is 9.68. The number of amides is 2. The number of quaternary nitrogens is 1. The SMILES string of the molecule is NC(=O)N=C(N)N.O=P([O-])([O-])[O-].[Mg+2].[NH4+].[Na+].[OH-].[Sn]. The standard InChI is InChI=1S/C2H6N4O.Mg.H3N.Na.H3O4P.H2O.Sn/c3-1(4)6-2(5)7;;;;1-5(2,3)4;;/h(H6,3,4,5,6,7);;1H3;;(H3,1,2,3,4);1H2;/q;+2;;+1;;;/p-3. The van der Waals surface area contributed by atoms with Crippen LogP contribution >= 0.6 is 7.82 Å². The molecule has 0 aliphatic rings. The van der Waals surface area contributed by atoms with E-state index in [1.54, 1.807) is 0 Å². The van der Waals surface area contributed by atoms with E-state index in [0.29, 0.717) is 0 Å². The van der Waals surface area contributed by atoms with Crippen LogP contribution in [0.4, 0.5) is 4.79 Å². The Morgan fingerprint density at radius 3 is 1.29 bits per heavy atom. The van der Waals surface area contributed by atoms with Crippen molar-refractivity contribution in [3.8, 4) is 0 Å². The number of nitrogens with two attached hydrogens (primary N) is 3. The molecule has 0 aromatic rings. The Kier molecular flexibility index (Phi) is 56.8. The van der Waals surface area contributed by atoms with Crippen LogP contribution in [0, 0.1) is 0 Å². The van der Waals surface area contributed by atoms with Gasteiger partial charge in [0.15, 0.2) is 5.96 Å². The van der Waals surface area contributed by atoms with Gasteiger partial charge in [0, 0.05) is 23.9 Å². The second kappa shape index (κ2) is 22.5. The average molecular weight is 398 g/mol. The summed E-state index contributed by atoms with van der Waals surface area (Å²) < 4.78 is 8.55. The largest absolute Gasteiger partial charge is 2.00 e. The molecule has 0 spiro atoms. The summed E-state index contributed by atoms with van der Waals surface area (Å²) in [5.74, 6) is -0.312. The third-order valence-electron chi connectivity index (χ3n) is 0.239. The van der Waals surface area contributed by atoms with E-state index in [-0.39, 0.29) is 94.1 Å². The van der Waals surface area contributed by atoms with Crippen LogP contribution in [0.3, 0.4) is 0 Å². The molecule has 0 aliphatic heterocycles. The van der Waals surface area contributed by atoms with Gasteiger partial charge in [-0.2, -0.15) is 12.8 Å². The number of phosphoric acid groups is 1. The Labute approximate surface area is 152 Å². The van der Waals surface area contributed by atoms with Gasteiger partial charge < -0.3 is 48.1 Å². The van der Waals surface area contributed by atoms with Gasteiger partial charge in [0.05, 0.1) is 0 Å². The minimum Gasteiger partial charge on any atom is -0.870 e. The van der Waals surface area contributed by atoms with Crippen LogP contribution < -0.4 is 67.6 Å². The summed E-state index contributed by atoms with van der Waals surface area (Å²) >= 11 is 0. The Bertz CT molecular complexity index is 226. The molecule has 11 N–H and O–H groups in total. The Morgan fingerprint density at radius 2 is 1.29 bits per heavy atom. The first kappa shape index (κ1) is 42.9. The van der Waals surface area contributed by atoms with E-state index in [2.05, 4.69) is 10.7 Å². The number of hydrogen-bond acceptors (Lipinski definition) is 6. The van der Waals surface area contributed by atoms with Crippen LogP contribution in [0.5, 0.6) is 0 Å². The number of primary amides is 1. The Balaban J connectivity index is -0.0000000187. The van der Waals surface area contributed by atoms with E-state index in [0.717, 1.165) is 0 Å². The third-order valence-corrected chi connectivity index (χ3v) is 0.239. The van der Waals surface area contributed by atoms with Gasteiger partial charge >= 0.3 is 58.6 Å². The van der Waals surface area contributed by atoms with E-state index >= 15 is 0 Å². The molecule has 15 heteroatoms. The Morgan fingerprint density at radius 1 is 1.12 bits per heavy atom. The molecule has 0 saturated carbocycles. The molecule has 0 heterocycles. The molecule has 0 aliphatic carbocycles. The monoisotopic (exact) mass is 399 g/mol. The van der Waals surface area contributed by atoms with Crippen LogP contribution in [0.25, 0.3) is 0 Å². The summed E-state index contributed by atoms with van der Waals surface area (Å²) in [4.78, 5) is 38.2. The molecule has 0 rings (SSSR count). The van der Waals surface area contributed by atoms with Crippen LogP contribution in [0.15, 0.2) is 4.99 Å². The second-order valence-corrected chi connectivity index (χ2v) is 2.22. The van der Waals surface area contributed by atoms with Crippen LogP contribution in [-0.4, -0.2) is 64.4 Å². The molecule has 4 radical (unpaired) electrons. The number of rotatable bonds is 0. The fourth-order valence-corrected chi connectivity index (χ4v) is 0.127. The van der Waals surface area contributed by atoms with Crippen molar-refractivity contribution in [3.63, 3.8) is 0 Å². The van der Waals surface area contributed by atoms with Crippen molar-refractivity contribution >= 4 is 66.8 Å².